The molecule has 1 saturated heterocycles. The van der Waals surface area contributed by atoms with Gasteiger partial charge >= 0.3 is 0 Å². The maximum atomic E-state index is 13.9. The minimum absolute atomic E-state index is 0.185. The maximum Gasteiger partial charge on any atom is 0.225 e. The molecule has 0 spiro atoms. The highest BCUT2D eigenvalue weighted by molar-refractivity contribution is 5.79. The highest BCUT2D eigenvalue weighted by Crippen LogP contribution is 2.31. The fourth-order valence-electron chi connectivity index (χ4n) is 4.51. The van der Waals surface area contributed by atoms with Crippen molar-refractivity contribution in [1.82, 2.24) is 9.88 Å². The highest BCUT2D eigenvalue weighted by Gasteiger charge is 2.31. The summed E-state index contributed by atoms with van der Waals surface area (Å²) in [5.74, 6) is 0.684. The predicted molar refractivity (Wildman–Crippen MR) is 104 cm³/mol. The Morgan fingerprint density at radius 2 is 1.85 bits per heavy atom. The number of piperidine rings is 1. The van der Waals surface area contributed by atoms with Gasteiger partial charge in [0.25, 0.3) is 0 Å². The van der Waals surface area contributed by atoms with Crippen molar-refractivity contribution in [3.05, 3.63) is 65.2 Å². The van der Waals surface area contributed by atoms with Gasteiger partial charge < -0.3 is 4.90 Å². The molecular formula is C23H27FN2O. The Labute approximate surface area is 160 Å². The van der Waals surface area contributed by atoms with Crippen molar-refractivity contribution in [2.75, 3.05) is 13.1 Å². The number of benzene rings is 1. The molecule has 2 aliphatic rings. The van der Waals surface area contributed by atoms with Crippen LogP contribution < -0.4 is 0 Å². The molecule has 3 nitrogen and oxygen atoms in total. The van der Waals surface area contributed by atoms with Crippen LogP contribution in [0.5, 0.6) is 0 Å². The number of hydrogen-bond acceptors (Lipinski definition) is 2. The Morgan fingerprint density at radius 1 is 1.04 bits per heavy atom. The SMILES string of the molecule is O=C(C1CCCC1)N1CCC[C@@H](c2cccc(Cc3ccccc3F)n2)C1. The molecule has 0 unspecified atom stereocenters. The Morgan fingerprint density at radius 3 is 2.67 bits per heavy atom. The van der Waals surface area contributed by atoms with E-state index in [9.17, 15) is 9.18 Å². The number of amides is 1. The summed E-state index contributed by atoms with van der Waals surface area (Å²) in [4.78, 5) is 19.7. The number of halogens is 1. The largest absolute Gasteiger partial charge is 0.342 e. The van der Waals surface area contributed by atoms with Crippen LogP contribution in [0.4, 0.5) is 4.39 Å². The van der Waals surface area contributed by atoms with Crippen LogP contribution in [0, 0.1) is 11.7 Å². The van der Waals surface area contributed by atoms with Gasteiger partial charge in [-0.15, -0.1) is 0 Å². The molecule has 0 bridgehead atoms. The molecule has 2 heterocycles. The van der Waals surface area contributed by atoms with Crippen LogP contribution in [0.15, 0.2) is 42.5 Å². The number of likely N-dealkylation sites (tertiary alicyclic amines) is 1. The van der Waals surface area contributed by atoms with Gasteiger partial charge in [-0.05, 0) is 49.4 Å². The van der Waals surface area contributed by atoms with Crippen molar-refractivity contribution in [2.45, 2.75) is 50.9 Å². The zero-order valence-corrected chi connectivity index (χ0v) is 15.7. The van der Waals surface area contributed by atoms with Gasteiger partial charge in [0.2, 0.25) is 5.91 Å². The lowest BCUT2D eigenvalue weighted by molar-refractivity contribution is -0.136. The number of nitrogens with zero attached hydrogens (tertiary/aromatic N) is 2. The van der Waals surface area contributed by atoms with Crippen molar-refractivity contribution in [2.24, 2.45) is 5.92 Å². The van der Waals surface area contributed by atoms with E-state index in [0.717, 1.165) is 50.2 Å². The average Bonchev–Trinajstić information content (AvgIpc) is 3.24. The van der Waals surface area contributed by atoms with E-state index in [-0.39, 0.29) is 17.7 Å². The van der Waals surface area contributed by atoms with Crippen LogP contribution in [-0.2, 0) is 11.2 Å². The van der Waals surface area contributed by atoms with Gasteiger partial charge in [-0.3, -0.25) is 9.78 Å². The molecule has 1 amide bonds. The van der Waals surface area contributed by atoms with Crippen LogP contribution in [0.3, 0.4) is 0 Å². The fourth-order valence-corrected chi connectivity index (χ4v) is 4.51. The quantitative estimate of drug-likeness (QED) is 0.785. The van der Waals surface area contributed by atoms with Crippen molar-refractivity contribution in [1.29, 1.82) is 0 Å². The summed E-state index contributed by atoms with van der Waals surface area (Å²) in [6.45, 7) is 1.65. The lowest BCUT2D eigenvalue weighted by Gasteiger charge is -2.34. The second kappa shape index (κ2) is 8.20. The molecule has 0 N–H and O–H groups in total. The first-order valence-corrected chi connectivity index (χ1v) is 10.2. The molecule has 1 saturated carbocycles. The second-order valence-electron chi connectivity index (χ2n) is 7.93. The van der Waals surface area contributed by atoms with E-state index >= 15 is 0 Å². The fraction of sp³-hybridized carbons (Fsp3) is 0.478. The summed E-state index contributed by atoms with van der Waals surface area (Å²) in [5, 5.41) is 0. The first kappa shape index (κ1) is 18.1. The van der Waals surface area contributed by atoms with E-state index in [0.29, 0.717) is 17.9 Å². The van der Waals surface area contributed by atoms with Gasteiger partial charge in [-0.25, -0.2) is 4.39 Å². The van der Waals surface area contributed by atoms with Crippen molar-refractivity contribution < 1.29 is 9.18 Å². The van der Waals surface area contributed by atoms with Crippen LogP contribution >= 0.6 is 0 Å². The smallest absolute Gasteiger partial charge is 0.225 e. The summed E-state index contributed by atoms with van der Waals surface area (Å²) >= 11 is 0. The summed E-state index contributed by atoms with van der Waals surface area (Å²) in [6, 6.07) is 12.9. The van der Waals surface area contributed by atoms with Crippen LogP contribution in [-0.4, -0.2) is 28.9 Å². The molecule has 1 atom stereocenters. The monoisotopic (exact) mass is 366 g/mol. The molecule has 0 radical (unpaired) electrons. The normalized spacial score (nSPS) is 20.8. The van der Waals surface area contributed by atoms with E-state index in [1.54, 1.807) is 6.07 Å². The van der Waals surface area contributed by atoms with Crippen molar-refractivity contribution in [3.8, 4) is 0 Å². The number of carbonyl (C=O) groups excluding carboxylic acids is 1. The van der Waals surface area contributed by atoms with Gasteiger partial charge in [0.15, 0.2) is 0 Å². The van der Waals surface area contributed by atoms with Gasteiger partial charge in [-0.2, -0.15) is 0 Å². The lowest BCUT2D eigenvalue weighted by atomic mass is 9.92. The van der Waals surface area contributed by atoms with Crippen molar-refractivity contribution >= 4 is 5.91 Å². The summed E-state index contributed by atoms with van der Waals surface area (Å²) in [5.41, 5.74) is 2.59. The first-order chi connectivity index (χ1) is 13.2. The van der Waals surface area contributed by atoms with Crippen molar-refractivity contribution in [3.63, 3.8) is 0 Å². The summed E-state index contributed by atoms with van der Waals surface area (Å²) in [7, 11) is 0. The van der Waals surface area contributed by atoms with E-state index in [4.69, 9.17) is 4.98 Å². The molecule has 142 valence electrons. The zero-order valence-electron chi connectivity index (χ0n) is 15.7. The van der Waals surface area contributed by atoms with Gasteiger partial charge in [-0.1, -0.05) is 37.1 Å². The van der Waals surface area contributed by atoms with Gasteiger partial charge in [0.05, 0.1) is 0 Å². The Bertz CT molecular complexity index is 800. The Balaban J connectivity index is 1.46. The third-order valence-electron chi connectivity index (χ3n) is 6.01. The zero-order chi connectivity index (χ0) is 18.6. The van der Waals surface area contributed by atoms with Crippen LogP contribution in [0.25, 0.3) is 0 Å². The number of carbonyl (C=O) groups is 1. The molecule has 27 heavy (non-hydrogen) atoms. The molecule has 4 rings (SSSR count). The van der Waals surface area contributed by atoms with E-state index in [2.05, 4.69) is 11.0 Å². The molecule has 1 aromatic heterocycles. The molecular weight excluding hydrogens is 339 g/mol. The predicted octanol–water partition coefficient (Wildman–Crippen LogP) is 4.71. The Hall–Kier alpha value is -2.23. The Kier molecular flexibility index (Phi) is 5.51. The lowest BCUT2D eigenvalue weighted by Crippen LogP contribution is -2.42. The number of hydrogen-bond donors (Lipinski definition) is 0. The highest BCUT2D eigenvalue weighted by atomic mass is 19.1. The number of pyridine rings is 1. The van der Waals surface area contributed by atoms with E-state index < -0.39 is 0 Å². The molecule has 1 aliphatic carbocycles. The second-order valence-corrected chi connectivity index (χ2v) is 7.93. The molecule has 2 fully saturated rings. The van der Waals surface area contributed by atoms with Gasteiger partial charge in [0.1, 0.15) is 5.82 Å². The van der Waals surface area contributed by atoms with E-state index in [1.165, 1.54) is 18.9 Å². The molecule has 1 aromatic carbocycles. The number of aromatic nitrogens is 1. The molecule has 1 aliphatic heterocycles. The minimum atomic E-state index is -0.185. The third-order valence-corrected chi connectivity index (χ3v) is 6.01. The topological polar surface area (TPSA) is 33.2 Å². The van der Waals surface area contributed by atoms with Crippen LogP contribution in [0.1, 0.15) is 61.4 Å². The minimum Gasteiger partial charge on any atom is -0.342 e. The molecule has 4 heteroatoms. The van der Waals surface area contributed by atoms with E-state index in [1.807, 2.05) is 24.3 Å². The maximum absolute atomic E-state index is 13.9. The number of rotatable bonds is 4. The first-order valence-electron chi connectivity index (χ1n) is 10.2. The summed E-state index contributed by atoms with van der Waals surface area (Å²) in [6.07, 6.45) is 7.07. The average molecular weight is 366 g/mol. The molecule has 2 aromatic rings. The third kappa shape index (κ3) is 4.20. The standard InChI is InChI=1S/C23H27FN2O/c24-21-12-4-3-9-18(21)15-20-11-5-13-22(25-20)19-10-6-14-26(16-19)23(27)17-7-1-2-8-17/h3-5,9,11-13,17,19H,1-2,6-8,10,14-16H2/t19-/m1/s1. The van der Waals surface area contributed by atoms with Gasteiger partial charge in [0, 0.05) is 42.7 Å². The summed E-state index contributed by atoms with van der Waals surface area (Å²) < 4.78 is 13.9. The van der Waals surface area contributed by atoms with Crippen LogP contribution in [0.2, 0.25) is 0 Å².